The van der Waals surface area contributed by atoms with E-state index in [0.29, 0.717) is 31.8 Å². The Bertz CT molecular complexity index is 1530. The van der Waals surface area contributed by atoms with Gasteiger partial charge >= 0.3 is 0 Å². The molecule has 0 amide bonds. The molecule has 8 nitrogen and oxygen atoms in total. The Morgan fingerprint density at radius 1 is 0.675 bits per heavy atom. The molecule has 5 rings (SSSR count). The molecule has 0 aliphatic rings. The molecular formula is C28H22Cl2N6O2S2. The summed E-state index contributed by atoms with van der Waals surface area (Å²) in [4.78, 5) is 9.40. The lowest BCUT2D eigenvalue weighted by Crippen LogP contribution is -1.95. The predicted octanol–water partition coefficient (Wildman–Crippen LogP) is 8.15. The Hall–Kier alpha value is -3.96. The smallest absolute Gasteiger partial charge is 0.203 e. The van der Waals surface area contributed by atoms with Crippen molar-refractivity contribution in [3.63, 3.8) is 0 Å². The predicted molar refractivity (Wildman–Crippen MR) is 167 cm³/mol. The van der Waals surface area contributed by atoms with Crippen LogP contribution < -0.4 is 20.3 Å². The molecule has 0 saturated heterocycles. The van der Waals surface area contributed by atoms with Gasteiger partial charge in [0, 0.05) is 38.0 Å². The van der Waals surface area contributed by atoms with Gasteiger partial charge in [-0.1, -0.05) is 47.5 Å². The van der Waals surface area contributed by atoms with E-state index in [1.165, 1.54) is 22.7 Å². The standard InChI is InChI=1S/C28H22Cl2N6O2S2/c1-37-25-12-26(38-2)22(24-16-40-28(34-24)36-32-14-18-5-9-20(30)10-6-18)11-21(25)23-15-39-27(33-23)35-31-13-17-3-7-19(29)8-4-17/h3-16H,1-2H3,(H,33,35)(H,34,36). The van der Waals surface area contributed by atoms with Crippen molar-refractivity contribution in [1.29, 1.82) is 0 Å². The largest absolute Gasteiger partial charge is 0.496 e. The van der Waals surface area contributed by atoms with Crippen LogP contribution in [0.15, 0.2) is 81.6 Å². The van der Waals surface area contributed by atoms with Crippen LogP contribution in [0.25, 0.3) is 22.5 Å². The summed E-state index contributed by atoms with van der Waals surface area (Å²) in [5.41, 5.74) is 10.9. The number of aromatic nitrogens is 2. The maximum atomic E-state index is 5.94. The Balaban J connectivity index is 1.35. The average Bonchev–Trinajstić information content (AvgIpc) is 3.64. The zero-order valence-corrected chi connectivity index (χ0v) is 24.4. The van der Waals surface area contributed by atoms with Gasteiger partial charge in [-0.15, -0.1) is 22.7 Å². The Kier molecular flexibility index (Phi) is 8.92. The summed E-state index contributed by atoms with van der Waals surface area (Å²) in [7, 11) is 3.23. The quantitative estimate of drug-likeness (QED) is 0.123. The van der Waals surface area contributed by atoms with E-state index in [9.17, 15) is 0 Å². The summed E-state index contributed by atoms with van der Waals surface area (Å²) in [6.45, 7) is 0. The van der Waals surface area contributed by atoms with E-state index in [0.717, 1.165) is 33.6 Å². The molecular weight excluding hydrogens is 587 g/mol. The topological polar surface area (TPSA) is 93.0 Å². The summed E-state index contributed by atoms with van der Waals surface area (Å²) in [6.07, 6.45) is 3.41. The van der Waals surface area contributed by atoms with Gasteiger partial charge in [0.05, 0.1) is 38.0 Å². The van der Waals surface area contributed by atoms with Gasteiger partial charge in [0.1, 0.15) is 11.5 Å². The van der Waals surface area contributed by atoms with E-state index in [4.69, 9.17) is 42.6 Å². The van der Waals surface area contributed by atoms with Gasteiger partial charge < -0.3 is 9.47 Å². The number of nitrogens with one attached hydrogen (secondary N) is 2. The fraction of sp³-hybridized carbons (Fsp3) is 0.0714. The number of methoxy groups -OCH3 is 2. The molecule has 0 aliphatic heterocycles. The number of hydrogen-bond acceptors (Lipinski definition) is 10. The lowest BCUT2D eigenvalue weighted by molar-refractivity contribution is 0.396. The van der Waals surface area contributed by atoms with Gasteiger partial charge in [-0.25, -0.2) is 9.97 Å². The van der Waals surface area contributed by atoms with E-state index in [-0.39, 0.29) is 0 Å². The molecule has 2 N–H and O–H groups in total. The summed E-state index contributed by atoms with van der Waals surface area (Å²) in [5.74, 6) is 1.26. The second-order valence-electron chi connectivity index (χ2n) is 8.17. The van der Waals surface area contributed by atoms with Crippen molar-refractivity contribution in [2.45, 2.75) is 0 Å². The molecule has 12 heteroatoms. The molecule has 0 spiro atoms. The van der Waals surface area contributed by atoms with Gasteiger partial charge in [-0.05, 0) is 41.5 Å². The maximum Gasteiger partial charge on any atom is 0.203 e. The molecule has 0 aliphatic carbocycles. The van der Waals surface area contributed by atoms with E-state index < -0.39 is 0 Å². The monoisotopic (exact) mass is 608 g/mol. The fourth-order valence-corrected chi connectivity index (χ4v) is 5.19. The first-order valence-electron chi connectivity index (χ1n) is 11.8. The second-order valence-corrected chi connectivity index (χ2v) is 10.8. The van der Waals surface area contributed by atoms with Crippen molar-refractivity contribution in [3.8, 4) is 34.0 Å². The highest BCUT2D eigenvalue weighted by Crippen LogP contribution is 2.42. The van der Waals surface area contributed by atoms with Crippen molar-refractivity contribution < 1.29 is 9.47 Å². The first-order chi connectivity index (χ1) is 19.5. The van der Waals surface area contributed by atoms with Crippen molar-refractivity contribution in [1.82, 2.24) is 9.97 Å². The van der Waals surface area contributed by atoms with Crippen LogP contribution in [0.1, 0.15) is 11.1 Å². The number of rotatable bonds is 10. The van der Waals surface area contributed by atoms with Gasteiger partial charge in [0.15, 0.2) is 0 Å². The van der Waals surface area contributed by atoms with Crippen LogP contribution in [0, 0.1) is 0 Å². The molecule has 0 atom stereocenters. The number of halogens is 2. The van der Waals surface area contributed by atoms with E-state index in [2.05, 4.69) is 21.1 Å². The second kappa shape index (κ2) is 12.9. The Morgan fingerprint density at radius 3 is 1.50 bits per heavy atom. The molecule has 40 heavy (non-hydrogen) atoms. The van der Waals surface area contributed by atoms with Crippen LogP contribution in [0.5, 0.6) is 11.5 Å². The number of thiazole rings is 2. The van der Waals surface area contributed by atoms with Crippen molar-refractivity contribution in [2.24, 2.45) is 10.2 Å². The van der Waals surface area contributed by atoms with E-state index in [1.807, 2.05) is 71.4 Å². The minimum Gasteiger partial charge on any atom is -0.496 e. The molecule has 0 bridgehead atoms. The Morgan fingerprint density at radius 2 is 1.10 bits per heavy atom. The highest BCUT2D eigenvalue weighted by atomic mass is 35.5. The van der Waals surface area contributed by atoms with Crippen LogP contribution >= 0.6 is 45.9 Å². The Labute approximate surface area is 249 Å². The van der Waals surface area contributed by atoms with Crippen LogP contribution in [-0.4, -0.2) is 36.6 Å². The third-order valence-corrected chi connectivity index (χ3v) is 7.57. The number of benzene rings is 3. The normalized spacial score (nSPS) is 11.3. The minimum absolute atomic E-state index is 0.628. The highest BCUT2D eigenvalue weighted by Gasteiger charge is 2.18. The van der Waals surface area contributed by atoms with Crippen LogP contribution in [0.4, 0.5) is 10.3 Å². The molecule has 202 valence electrons. The third-order valence-electron chi connectivity index (χ3n) is 5.57. The number of nitrogens with zero attached hydrogens (tertiary/aromatic N) is 4. The van der Waals surface area contributed by atoms with Crippen LogP contribution in [-0.2, 0) is 0 Å². The van der Waals surface area contributed by atoms with Gasteiger partial charge in [0.25, 0.3) is 0 Å². The molecule has 5 aromatic rings. The average molecular weight is 610 g/mol. The summed E-state index contributed by atoms with van der Waals surface area (Å²) < 4.78 is 11.3. The molecule has 0 unspecified atom stereocenters. The zero-order valence-electron chi connectivity index (χ0n) is 21.3. The minimum atomic E-state index is 0.628. The fourth-order valence-electron chi connectivity index (χ4n) is 3.62. The van der Waals surface area contributed by atoms with Crippen molar-refractivity contribution >= 4 is 68.6 Å². The summed E-state index contributed by atoms with van der Waals surface area (Å²) in [6, 6.07) is 18.6. The van der Waals surface area contributed by atoms with Gasteiger partial charge in [0.2, 0.25) is 10.3 Å². The molecule has 2 heterocycles. The molecule has 0 fully saturated rings. The highest BCUT2D eigenvalue weighted by molar-refractivity contribution is 7.14. The van der Waals surface area contributed by atoms with E-state index in [1.54, 1.807) is 26.6 Å². The van der Waals surface area contributed by atoms with Crippen molar-refractivity contribution in [3.05, 3.63) is 92.6 Å². The first kappa shape index (κ1) is 27.6. The summed E-state index contributed by atoms with van der Waals surface area (Å²) >= 11 is 14.8. The zero-order chi connectivity index (χ0) is 27.9. The lowest BCUT2D eigenvalue weighted by atomic mass is 10.0. The number of anilines is 2. The van der Waals surface area contributed by atoms with E-state index >= 15 is 0 Å². The molecule has 0 saturated carbocycles. The number of ether oxygens (including phenoxy) is 2. The van der Waals surface area contributed by atoms with Crippen LogP contribution in [0.3, 0.4) is 0 Å². The number of hydrazone groups is 2. The van der Waals surface area contributed by atoms with Gasteiger partial charge in [-0.2, -0.15) is 10.2 Å². The maximum absolute atomic E-state index is 5.94. The van der Waals surface area contributed by atoms with Crippen molar-refractivity contribution in [2.75, 3.05) is 25.1 Å². The lowest BCUT2D eigenvalue weighted by Gasteiger charge is -2.13. The third kappa shape index (κ3) is 6.78. The first-order valence-corrected chi connectivity index (χ1v) is 14.3. The summed E-state index contributed by atoms with van der Waals surface area (Å²) in [5, 5.41) is 15.1. The molecule has 3 aromatic carbocycles. The van der Waals surface area contributed by atoms with Crippen LogP contribution in [0.2, 0.25) is 10.0 Å². The number of hydrogen-bond donors (Lipinski definition) is 2. The van der Waals surface area contributed by atoms with Gasteiger partial charge in [-0.3, -0.25) is 10.9 Å². The SMILES string of the molecule is COc1cc(OC)c(-c2csc(NN=Cc3ccc(Cl)cc3)n2)cc1-c1csc(NN=Cc2ccc(Cl)cc2)n1. The molecule has 0 radical (unpaired) electrons. The molecule has 2 aromatic heterocycles.